The molecule has 1 aromatic heterocycles. The van der Waals surface area contributed by atoms with Crippen LogP contribution in [-0.4, -0.2) is 18.1 Å². The maximum Gasteiger partial charge on any atom is 0.133 e. The van der Waals surface area contributed by atoms with Gasteiger partial charge in [0.1, 0.15) is 5.82 Å². The van der Waals surface area contributed by atoms with Crippen molar-refractivity contribution in [3.05, 3.63) is 22.9 Å². The van der Waals surface area contributed by atoms with Crippen molar-refractivity contribution >= 4 is 17.4 Å². The molecule has 0 aliphatic heterocycles. The minimum absolute atomic E-state index is 0.544. The Morgan fingerprint density at radius 2 is 1.89 bits per heavy atom. The van der Waals surface area contributed by atoms with Crippen LogP contribution in [0.25, 0.3) is 0 Å². The number of hydrogen-bond acceptors (Lipinski definition) is 2. The third-order valence-corrected chi connectivity index (χ3v) is 4.72. The lowest BCUT2D eigenvalue weighted by atomic mass is 9.86. The summed E-state index contributed by atoms with van der Waals surface area (Å²) in [5, 5.41) is 0. The molecule has 0 radical (unpaired) electrons. The van der Waals surface area contributed by atoms with Crippen molar-refractivity contribution in [1.29, 1.82) is 0 Å². The second kappa shape index (κ2) is 6.13. The number of alkyl halides is 1. The smallest absolute Gasteiger partial charge is 0.133 e. The maximum absolute atomic E-state index is 6.13. The van der Waals surface area contributed by atoms with Crippen LogP contribution in [-0.2, 0) is 5.88 Å². The van der Waals surface area contributed by atoms with Gasteiger partial charge in [0, 0.05) is 24.3 Å². The molecule has 1 heterocycles. The monoisotopic (exact) mass is 280 g/mol. The highest BCUT2D eigenvalue weighted by atomic mass is 35.5. The highest BCUT2D eigenvalue weighted by Gasteiger charge is 2.24. The molecule has 19 heavy (non-hydrogen) atoms. The van der Waals surface area contributed by atoms with Gasteiger partial charge in [-0.2, -0.15) is 0 Å². The van der Waals surface area contributed by atoms with Crippen LogP contribution in [0.1, 0.15) is 49.4 Å². The molecule has 0 aromatic carbocycles. The first-order valence-corrected chi connectivity index (χ1v) is 7.82. The molecule has 0 amide bonds. The van der Waals surface area contributed by atoms with Crippen LogP contribution in [0.3, 0.4) is 0 Å². The van der Waals surface area contributed by atoms with Gasteiger partial charge in [-0.25, -0.2) is 4.98 Å². The Morgan fingerprint density at radius 3 is 2.47 bits per heavy atom. The number of halogens is 1. The maximum atomic E-state index is 6.13. The summed E-state index contributed by atoms with van der Waals surface area (Å²) in [6.45, 7) is 6.55. The van der Waals surface area contributed by atoms with E-state index in [0.29, 0.717) is 11.9 Å². The summed E-state index contributed by atoms with van der Waals surface area (Å²) in [6.07, 6.45) is 5.20. The molecule has 1 aliphatic carbocycles. The van der Waals surface area contributed by atoms with Crippen molar-refractivity contribution in [2.45, 2.75) is 58.4 Å². The Labute approximate surface area is 122 Å². The van der Waals surface area contributed by atoms with E-state index in [9.17, 15) is 0 Å². The third-order valence-electron chi connectivity index (χ3n) is 4.45. The minimum Gasteiger partial charge on any atom is -0.356 e. The van der Waals surface area contributed by atoms with E-state index in [0.717, 1.165) is 17.4 Å². The van der Waals surface area contributed by atoms with Crippen LogP contribution < -0.4 is 4.90 Å². The molecule has 1 saturated carbocycles. The highest BCUT2D eigenvalue weighted by molar-refractivity contribution is 6.17. The third kappa shape index (κ3) is 3.22. The zero-order valence-electron chi connectivity index (χ0n) is 12.5. The summed E-state index contributed by atoms with van der Waals surface area (Å²) in [7, 11) is 2.18. The Balaban J connectivity index is 2.25. The van der Waals surface area contributed by atoms with Crippen LogP contribution in [0, 0.1) is 19.8 Å². The van der Waals surface area contributed by atoms with E-state index in [1.807, 2.05) is 0 Å². The lowest BCUT2D eigenvalue weighted by Gasteiger charge is -2.35. The van der Waals surface area contributed by atoms with Gasteiger partial charge < -0.3 is 4.90 Å². The summed E-state index contributed by atoms with van der Waals surface area (Å²) in [5.74, 6) is 2.51. The molecular formula is C16H25ClN2. The van der Waals surface area contributed by atoms with Gasteiger partial charge in [-0.15, -0.1) is 11.6 Å². The van der Waals surface area contributed by atoms with Crippen LogP contribution in [0.15, 0.2) is 6.07 Å². The zero-order valence-corrected chi connectivity index (χ0v) is 13.3. The van der Waals surface area contributed by atoms with Gasteiger partial charge in [-0.3, -0.25) is 0 Å². The van der Waals surface area contributed by atoms with E-state index in [-0.39, 0.29) is 0 Å². The van der Waals surface area contributed by atoms with Crippen molar-refractivity contribution in [3.8, 4) is 0 Å². The molecule has 0 spiro atoms. The molecule has 1 fully saturated rings. The van der Waals surface area contributed by atoms with Crippen LogP contribution >= 0.6 is 11.6 Å². The van der Waals surface area contributed by atoms with E-state index < -0.39 is 0 Å². The second-order valence-electron chi connectivity index (χ2n) is 6.04. The largest absolute Gasteiger partial charge is 0.356 e. The second-order valence-corrected chi connectivity index (χ2v) is 6.31. The summed E-state index contributed by atoms with van der Waals surface area (Å²) in [4.78, 5) is 7.11. The van der Waals surface area contributed by atoms with Crippen molar-refractivity contribution < 1.29 is 0 Å². The Bertz CT molecular complexity index is 437. The summed E-state index contributed by atoms with van der Waals surface area (Å²) < 4.78 is 0. The number of aromatic nitrogens is 1. The fourth-order valence-corrected chi connectivity index (χ4v) is 3.43. The molecule has 2 rings (SSSR count). The standard InChI is InChI=1S/C16H25ClN2/c1-11-5-7-14(8-6-11)19(4)16-15(10-17)12(2)9-13(3)18-16/h9,11,14H,5-8,10H2,1-4H3. The first-order chi connectivity index (χ1) is 9.02. The first-order valence-electron chi connectivity index (χ1n) is 7.28. The number of anilines is 1. The fourth-order valence-electron chi connectivity index (χ4n) is 3.10. The van der Waals surface area contributed by atoms with Gasteiger partial charge in [-0.05, 0) is 57.1 Å². The number of pyridine rings is 1. The molecule has 1 aliphatic rings. The number of rotatable bonds is 3. The van der Waals surface area contributed by atoms with Gasteiger partial charge in [0.2, 0.25) is 0 Å². The van der Waals surface area contributed by atoms with Crippen LogP contribution in [0.5, 0.6) is 0 Å². The molecule has 106 valence electrons. The van der Waals surface area contributed by atoms with Gasteiger partial charge in [0.25, 0.3) is 0 Å². The van der Waals surface area contributed by atoms with Gasteiger partial charge in [-0.1, -0.05) is 6.92 Å². The average molecular weight is 281 g/mol. The molecule has 3 heteroatoms. The minimum atomic E-state index is 0.544. The van der Waals surface area contributed by atoms with Crippen molar-refractivity contribution in [3.63, 3.8) is 0 Å². The topological polar surface area (TPSA) is 16.1 Å². The van der Waals surface area contributed by atoms with Crippen molar-refractivity contribution in [2.24, 2.45) is 5.92 Å². The average Bonchev–Trinajstić information content (AvgIpc) is 2.38. The quantitative estimate of drug-likeness (QED) is 0.761. The number of aryl methyl sites for hydroxylation is 2. The molecule has 0 bridgehead atoms. The van der Waals surface area contributed by atoms with Gasteiger partial charge in [0.15, 0.2) is 0 Å². The van der Waals surface area contributed by atoms with E-state index >= 15 is 0 Å². The van der Waals surface area contributed by atoms with Crippen LogP contribution in [0.2, 0.25) is 0 Å². The molecule has 1 aromatic rings. The normalized spacial score (nSPS) is 23.4. The Morgan fingerprint density at radius 1 is 1.26 bits per heavy atom. The summed E-state index contributed by atoms with van der Waals surface area (Å²) in [6, 6.07) is 2.74. The molecule has 0 saturated heterocycles. The Kier molecular flexibility index (Phi) is 4.72. The summed E-state index contributed by atoms with van der Waals surface area (Å²) in [5.41, 5.74) is 3.53. The van der Waals surface area contributed by atoms with Crippen molar-refractivity contribution in [1.82, 2.24) is 4.98 Å². The summed E-state index contributed by atoms with van der Waals surface area (Å²) >= 11 is 6.13. The van der Waals surface area contributed by atoms with Gasteiger partial charge >= 0.3 is 0 Å². The van der Waals surface area contributed by atoms with E-state index in [1.165, 1.54) is 36.8 Å². The van der Waals surface area contributed by atoms with E-state index in [1.54, 1.807) is 0 Å². The van der Waals surface area contributed by atoms with Crippen molar-refractivity contribution in [2.75, 3.05) is 11.9 Å². The molecular weight excluding hydrogens is 256 g/mol. The number of hydrogen-bond donors (Lipinski definition) is 0. The lowest BCUT2D eigenvalue weighted by Crippen LogP contribution is -2.36. The molecule has 0 N–H and O–H groups in total. The Hall–Kier alpha value is -0.760. The molecule has 2 nitrogen and oxygen atoms in total. The SMILES string of the molecule is Cc1cc(C)c(CCl)c(N(C)C2CCC(C)CC2)n1. The van der Waals surface area contributed by atoms with Crippen LogP contribution in [0.4, 0.5) is 5.82 Å². The van der Waals surface area contributed by atoms with Gasteiger partial charge in [0.05, 0.1) is 5.88 Å². The lowest BCUT2D eigenvalue weighted by molar-refractivity contribution is 0.339. The molecule has 0 unspecified atom stereocenters. The zero-order chi connectivity index (χ0) is 14.0. The predicted molar refractivity (Wildman–Crippen MR) is 83.1 cm³/mol. The van der Waals surface area contributed by atoms with E-state index in [2.05, 4.69) is 38.8 Å². The number of nitrogens with zero attached hydrogens (tertiary/aromatic N) is 2. The predicted octanol–water partition coefficient (Wildman–Crippen LogP) is 4.45. The fraction of sp³-hybridized carbons (Fsp3) is 0.688. The van der Waals surface area contributed by atoms with E-state index in [4.69, 9.17) is 16.6 Å². The highest BCUT2D eigenvalue weighted by Crippen LogP contribution is 2.31. The first kappa shape index (κ1) is 14.6. The molecule has 0 atom stereocenters.